The lowest BCUT2D eigenvalue weighted by Gasteiger charge is -2.14. The molecule has 0 saturated heterocycles. The van der Waals surface area contributed by atoms with E-state index in [1.165, 1.54) is 0 Å². The Bertz CT molecular complexity index is 1100. The van der Waals surface area contributed by atoms with Crippen LogP contribution >= 0.6 is 0 Å². The van der Waals surface area contributed by atoms with Crippen LogP contribution in [-0.2, 0) is 0 Å². The van der Waals surface area contributed by atoms with Crippen LogP contribution in [0.15, 0.2) is 72.8 Å². The van der Waals surface area contributed by atoms with Crippen LogP contribution in [0.1, 0.15) is 57.3 Å². The van der Waals surface area contributed by atoms with Gasteiger partial charge < -0.3 is 10.1 Å². The van der Waals surface area contributed by atoms with Gasteiger partial charge in [-0.2, -0.15) is 0 Å². The van der Waals surface area contributed by atoms with E-state index in [0.717, 1.165) is 29.9 Å². The number of anilines is 2. The highest BCUT2D eigenvalue weighted by atomic mass is 16.5. The first-order chi connectivity index (χ1) is 15.6. The number of hydrogen-bond donors (Lipinski definition) is 1. The largest absolute Gasteiger partial charge is 0.494 e. The Hall–Kier alpha value is -3.93. The predicted molar refractivity (Wildman–Crippen MR) is 123 cm³/mol. The zero-order chi connectivity index (χ0) is 22.5. The van der Waals surface area contributed by atoms with Crippen LogP contribution < -0.4 is 15.0 Å². The zero-order valence-corrected chi connectivity index (χ0v) is 17.8. The lowest BCUT2D eigenvalue weighted by Crippen LogP contribution is -2.29. The lowest BCUT2D eigenvalue weighted by molar-refractivity contribution is 0.0925. The second-order valence-electron chi connectivity index (χ2n) is 7.57. The van der Waals surface area contributed by atoms with E-state index < -0.39 is 0 Å². The molecule has 32 heavy (non-hydrogen) atoms. The van der Waals surface area contributed by atoms with Crippen LogP contribution in [0.3, 0.4) is 0 Å². The normalized spacial score (nSPS) is 12.6. The predicted octanol–water partition coefficient (Wildman–Crippen LogP) is 5.31. The van der Waals surface area contributed by atoms with E-state index in [1.54, 1.807) is 60.7 Å². The van der Waals surface area contributed by atoms with Crippen molar-refractivity contribution >= 4 is 29.1 Å². The topological polar surface area (TPSA) is 75.7 Å². The second-order valence-corrected chi connectivity index (χ2v) is 7.57. The van der Waals surface area contributed by atoms with Crippen molar-refractivity contribution in [1.29, 1.82) is 0 Å². The Morgan fingerprint density at radius 2 is 1.47 bits per heavy atom. The molecule has 6 nitrogen and oxygen atoms in total. The summed E-state index contributed by atoms with van der Waals surface area (Å²) in [6.07, 6.45) is 3.30. The molecule has 162 valence electrons. The standard InChI is InChI=1S/C26H24N2O4/c1-2-3-6-17-32-21-15-11-19(12-16-21)27-24(29)18-9-13-20(14-10-18)28-25(30)22-7-4-5-8-23(22)26(28)31/h4-5,7-16H,2-3,6,17H2,1H3,(H,27,29). The van der Waals surface area contributed by atoms with Crippen molar-refractivity contribution in [1.82, 2.24) is 0 Å². The molecule has 1 aliphatic heterocycles. The highest BCUT2D eigenvalue weighted by Gasteiger charge is 2.36. The lowest BCUT2D eigenvalue weighted by atomic mass is 10.1. The summed E-state index contributed by atoms with van der Waals surface area (Å²) in [4.78, 5) is 38.9. The Kier molecular flexibility index (Phi) is 6.31. The van der Waals surface area contributed by atoms with Crippen LogP contribution in [0.25, 0.3) is 0 Å². The second kappa shape index (κ2) is 9.47. The molecule has 3 aromatic rings. The van der Waals surface area contributed by atoms with Crippen LogP contribution in [0, 0.1) is 0 Å². The summed E-state index contributed by atoms with van der Waals surface area (Å²) in [5, 5.41) is 2.84. The minimum atomic E-state index is -0.361. The molecule has 0 fully saturated rings. The molecule has 0 atom stereocenters. The minimum absolute atomic E-state index is 0.282. The van der Waals surface area contributed by atoms with Gasteiger partial charge >= 0.3 is 0 Å². The third kappa shape index (κ3) is 4.39. The highest BCUT2D eigenvalue weighted by molar-refractivity contribution is 6.34. The average Bonchev–Trinajstić information content (AvgIpc) is 3.08. The fourth-order valence-corrected chi connectivity index (χ4v) is 3.57. The van der Waals surface area contributed by atoms with Crippen molar-refractivity contribution < 1.29 is 19.1 Å². The van der Waals surface area contributed by atoms with Crippen molar-refractivity contribution in [2.75, 3.05) is 16.8 Å². The Balaban J connectivity index is 1.39. The maximum absolute atomic E-state index is 12.6. The number of nitrogens with zero attached hydrogens (tertiary/aromatic N) is 1. The fourth-order valence-electron chi connectivity index (χ4n) is 3.57. The minimum Gasteiger partial charge on any atom is -0.494 e. The average molecular weight is 428 g/mol. The van der Waals surface area contributed by atoms with Crippen LogP contribution in [0.2, 0.25) is 0 Å². The third-order valence-electron chi connectivity index (χ3n) is 5.31. The van der Waals surface area contributed by atoms with Crippen molar-refractivity contribution in [3.63, 3.8) is 0 Å². The number of ether oxygens (including phenoxy) is 1. The summed E-state index contributed by atoms with van der Waals surface area (Å²) in [6, 6.07) is 20.4. The molecule has 0 unspecified atom stereocenters. The summed E-state index contributed by atoms with van der Waals surface area (Å²) in [5.41, 5.74) is 2.28. The van der Waals surface area contributed by atoms with Gasteiger partial charge in [-0.3, -0.25) is 14.4 Å². The van der Waals surface area contributed by atoms with Gasteiger partial charge in [0.25, 0.3) is 17.7 Å². The number of benzene rings is 3. The Labute approximate surface area is 186 Å². The number of carbonyl (C=O) groups is 3. The van der Waals surface area contributed by atoms with Crippen LogP contribution in [0.4, 0.5) is 11.4 Å². The number of fused-ring (bicyclic) bond motifs is 1. The molecule has 0 saturated carbocycles. The fraction of sp³-hybridized carbons (Fsp3) is 0.192. The third-order valence-corrected chi connectivity index (χ3v) is 5.31. The number of imide groups is 1. The number of carbonyl (C=O) groups excluding carboxylic acids is 3. The van der Waals surface area contributed by atoms with Crippen LogP contribution in [-0.4, -0.2) is 24.3 Å². The van der Waals surface area contributed by atoms with E-state index in [0.29, 0.717) is 34.7 Å². The summed E-state index contributed by atoms with van der Waals surface area (Å²) in [7, 11) is 0. The molecule has 0 radical (unpaired) electrons. The molecule has 0 spiro atoms. The van der Waals surface area contributed by atoms with Gasteiger partial charge in [0.2, 0.25) is 0 Å². The molecular weight excluding hydrogens is 404 g/mol. The number of nitrogens with one attached hydrogen (secondary N) is 1. The van der Waals surface area contributed by atoms with Gasteiger partial charge in [-0.1, -0.05) is 31.9 Å². The first-order valence-electron chi connectivity index (χ1n) is 10.7. The van der Waals surface area contributed by atoms with Crippen molar-refractivity contribution in [3.8, 4) is 5.75 Å². The molecule has 1 aliphatic rings. The van der Waals surface area contributed by atoms with Gasteiger partial charge in [-0.05, 0) is 67.1 Å². The molecule has 6 heteroatoms. The number of unbranched alkanes of at least 4 members (excludes halogenated alkanes) is 2. The molecule has 1 heterocycles. The summed E-state index contributed by atoms with van der Waals surface area (Å²) < 4.78 is 5.68. The zero-order valence-electron chi connectivity index (χ0n) is 17.8. The van der Waals surface area contributed by atoms with Gasteiger partial charge in [0, 0.05) is 11.3 Å². The van der Waals surface area contributed by atoms with Crippen molar-refractivity contribution in [2.45, 2.75) is 26.2 Å². The number of rotatable bonds is 8. The summed E-state index contributed by atoms with van der Waals surface area (Å²) in [6.45, 7) is 2.83. The quantitative estimate of drug-likeness (QED) is 0.390. The van der Waals surface area contributed by atoms with E-state index in [1.807, 2.05) is 12.1 Å². The molecule has 4 rings (SSSR count). The van der Waals surface area contributed by atoms with Gasteiger partial charge in [0.1, 0.15) is 5.75 Å². The molecule has 3 amide bonds. The smallest absolute Gasteiger partial charge is 0.266 e. The van der Waals surface area contributed by atoms with Crippen molar-refractivity contribution in [3.05, 3.63) is 89.5 Å². The first kappa shape index (κ1) is 21.3. The molecule has 0 bridgehead atoms. The maximum Gasteiger partial charge on any atom is 0.266 e. The van der Waals surface area contributed by atoms with Gasteiger partial charge in [-0.25, -0.2) is 4.90 Å². The van der Waals surface area contributed by atoms with Crippen LogP contribution in [0.5, 0.6) is 5.75 Å². The maximum atomic E-state index is 12.6. The SMILES string of the molecule is CCCCCOc1ccc(NC(=O)c2ccc(N3C(=O)c4ccccc4C3=O)cc2)cc1. The summed E-state index contributed by atoms with van der Waals surface area (Å²) in [5.74, 6) is -0.237. The molecular formula is C26H24N2O4. The van der Waals surface area contributed by atoms with E-state index >= 15 is 0 Å². The summed E-state index contributed by atoms with van der Waals surface area (Å²) >= 11 is 0. The highest BCUT2D eigenvalue weighted by Crippen LogP contribution is 2.28. The Morgan fingerprint density at radius 1 is 0.844 bits per heavy atom. The monoisotopic (exact) mass is 428 g/mol. The number of amides is 3. The van der Waals surface area contributed by atoms with E-state index in [-0.39, 0.29) is 17.7 Å². The molecule has 0 aliphatic carbocycles. The number of hydrogen-bond acceptors (Lipinski definition) is 4. The van der Waals surface area contributed by atoms with Crippen molar-refractivity contribution in [2.24, 2.45) is 0 Å². The van der Waals surface area contributed by atoms with E-state index in [2.05, 4.69) is 12.2 Å². The van der Waals surface area contributed by atoms with Gasteiger partial charge in [0.15, 0.2) is 0 Å². The molecule has 1 N–H and O–H groups in total. The van der Waals surface area contributed by atoms with E-state index in [9.17, 15) is 14.4 Å². The van der Waals surface area contributed by atoms with Gasteiger partial charge in [0.05, 0.1) is 23.4 Å². The molecule has 3 aromatic carbocycles. The molecule has 0 aromatic heterocycles. The van der Waals surface area contributed by atoms with E-state index in [4.69, 9.17) is 4.74 Å². The first-order valence-corrected chi connectivity index (χ1v) is 10.7. The van der Waals surface area contributed by atoms with Gasteiger partial charge in [-0.15, -0.1) is 0 Å². The Morgan fingerprint density at radius 3 is 2.06 bits per heavy atom.